The number of rotatable bonds is 7. The molecule has 1 saturated heterocycles. The summed E-state index contributed by atoms with van der Waals surface area (Å²) in [6.07, 6.45) is 5.31. The van der Waals surface area contributed by atoms with Crippen molar-refractivity contribution < 1.29 is 4.74 Å². The van der Waals surface area contributed by atoms with Crippen LogP contribution in [0.1, 0.15) is 62.4 Å². The summed E-state index contributed by atoms with van der Waals surface area (Å²) < 4.78 is 8.67. The summed E-state index contributed by atoms with van der Waals surface area (Å²) in [6.45, 7) is 11.3. The van der Waals surface area contributed by atoms with E-state index in [-0.39, 0.29) is 0 Å². The second-order valence-electron chi connectivity index (χ2n) is 8.90. The average molecular weight is 406 g/mol. The molecule has 4 heteroatoms. The van der Waals surface area contributed by atoms with Crippen molar-refractivity contribution in [3.63, 3.8) is 0 Å². The first-order valence-corrected chi connectivity index (χ1v) is 11.5. The molecule has 4 nitrogen and oxygen atoms in total. The van der Waals surface area contributed by atoms with Crippen molar-refractivity contribution in [1.82, 2.24) is 14.5 Å². The molecular weight excluding hydrogens is 370 g/mol. The van der Waals surface area contributed by atoms with Crippen LogP contribution in [0.5, 0.6) is 5.75 Å². The molecule has 0 atom stereocenters. The molecule has 30 heavy (non-hydrogen) atoms. The van der Waals surface area contributed by atoms with Crippen LogP contribution in [0, 0.1) is 6.92 Å². The standard InChI is InChI=1S/C26H35N3O/c1-20(2)22-13-12-21(3)18-25(22)30-17-16-29-24-11-7-6-10-23(24)27-26(29)19-28-14-8-4-5-9-15-28/h6-7,10-13,18,20H,4-5,8-9,14-17,19H2,1-3H3. The third kappa shape index (κ3) is 4.86. The molecule has 1 fully saturated rings. The van der Waals surface area contributed by atoms with Gasteiger partial charge >= 0.3 is 0 Å². The third-order valence-electron chi connectivity index (χ3n) is 6.16. The normalized spacial score (nSPS) is 15.6. The fraction of sp³-hybridized carbons (Fsp3) is 0.500. The smallest absolute Gasteiger partial charge is 0.124 e. The summed E-state index contributed by atoms with van der Waals surface area (Å²) in [5.41, 5.74) is 4.81. The van der Waals surface area contributed by atoms with Crippen LogP contribution in [-0.2, 0) is 13.1 Å². The number of nitrogens with zero attached hydrogens (tertiary/aromatic N) is 3. The Labute approximate surface area is 180 Å². The molecule has 0 amide bonds. The number of imidazole rings is 1. The summed E-state index contributed by atoms with van der Waals surface area (Å²) >= 11 is 0. The van der Waals surface area contributed by atoms with Gasteiger partial charge in [-0.3, -0.25) is 4.90 Å². The van der Waals surface area contributed by atoms with Crippen molar-refractivity contribution in [1.29, 1.82) is 0 Å². The molecule has 1 aliphatic heterocycles. The van der Waals surface area contributed by atoms with Crippen molar-refractivity contribution in [2.75, 3.05) is 19.7 Å². The molecule has 1 aliphatic rings. The molecule has 2 heterocycles. The van der Waals surface area contributed by atoms with E-state index < -0.39 is 0 Å². The van der Waals surface area contributed by atoms with Gasteiger partial charge in [-0.05, 0) is 68.1 Å². The molecular formula is C26H35N3O. The van der Waals surface area contributed by atoms with E-state index in [0.29, 0.717) is 12.5 Å². The highest BCUT2D eigenvalue weighted by Crippen LogP contribution is 2.28. The van der Waals surface area contributed by atoms with Crippen LogP contribution in [0.15, 0.2) is 42.5 Å². The summed E-state index contributed by atoms with van der Waals surface area (Å²) in [7, 11) is 0. The minimum Gasteiger partial charge on any atom is -0.491 e. The van der Waals surface area contributed by atoms with Crippen LogP contribution >= 0.6 is 0 Å². The minimum atomic E-state index is 0.452. The zero-order valence-electron chi connectivity index (χ0n) is 18.7. The Morgan fingerprint density at radius 3 is 2.53 bits per heavy atom. The highest BCUT2D eigenvalue weighted by atomic mass is 16.5. The number of aromatic nitrogens is 2. The van der Waals surface area contributed by atoms with E-state index in [2.05, 4.69) is 72.7 Å². The van der Waals surface area contributed by atoms with Crippen molar-refractivity contribution in [2.24, 2.45) is 0 Å². The second-order valence-corrected chi connectivity index (χ2v) is 8.90. The minimum absolute atomic E-state index is 0.452. The van der Waals surface area contributed by atoms with Gasteiger partial charge in [0.15, 0.2) is 0 Å². The molecule has 2 aromatic carbocycles. The molecule has 1 aromatic heterocycles. The van der Waals surface area contributed by atoms with Crippen molar-refractivity contribution in [3.8, 4) is 5.75 Å². The monoisotopic (exact) mass is 405 g/mol. The molecule has 3 aromatic rings. The van der Waals surface area contributed by atoms with E-state index in [1.807, 2.05) is 0 Å². The van der Waals surface area contributed by atoms with E-state index in [0.717, 1.165) is 30.2 Å². The van der Waals surface area contributed by atoms with Crippen LogP contribution in [-0.4, -0.2) is 34.1 Å². The van der Waals surface area contributed by atoms with Crippen LogP contribution in [0.25, 0.3) is 11.0 Å². The molecule has 0 bridgehead atoms. The lowest BCUT2D eigenvalue weighted by Gasteiger charge is -2.20. The van der Waals surface area contributed by atoms with E-state index in [4.69, 9.17) is 9.72 Å². The molecule has 4 rings (SSSR count). The average Bonchev–Trinajstić information content (AvgIpc) is 2.88. The lowest BCUT2D eigenvalue weighted by Crippen LogP contribution is -2.26. The number of aryl methyl sites for hydroxylation is 1. The predicted octanol–water partition coefficient (Wildman–Crippen LogP) is 5.92. The Morgan fingerprint density at radius 1 is 1.00 bits per heavy atom. The Hall–Kier alpha value is -2.33. The Bertz CT molecular complexity index is 968. The van der Waals surface area contributed by atoms with Gasteiger partial charge in [0, 0.05) is 0 Å². The van der Waals surface area contributed by atoms with Gasteiger partial charge in [-0.25, -0.2) is 4.98 Å². The third-order valence-corrected chi connectivity index (χ3v) is 6.16. The summed E-state index contributed by atoms with van der Waals surface area (Å²) in [5.74, 6) is 2.63. The molecule has 160 valence electrons. The van der Waals surface area contributed by atoms with Gasteiger partial charge in [-0.1, -0.05) is 51.0 Å². The number of hydrogen-bond donors (Lipinski definition) is 0. The first kappa shape index (κ1) is 20.9. The maximum Gasteiger partial charge on any atom is 0.124 e. The molecule has 0 unspecified atom stereocenters. The van der Waals surface area contributed by atoms with Gasteiger partial charge < -0.3 is 9.30 Å². The summed E-state index contributed by atoms with van der Waals surface area (Å²) in [6, 6.07) is 15.0. The van der Waals surface area contributed by atoms with Crippen LogP contribution < -0.4 is 4.74 Å². The summed E-state index contributed by atoms with van der Waals surface area (Å²) in [4.78, 5) is 7.56. The van der Waals surface area contributed by atoms with Gasteiger partial charge in [0.2, 0.25) is 0 Å². The highest BCUT2D eigenvalue weighted by Gasteiger charge is 2.16. The molecule has 0 spiro atoms. The van der Waals surface area contributed by atoms with E-state index >= 15 is 0 Å². The first-order chi connectivity index (χ1) is 14.6. The molecule has 0 N–H and O–H groups in total. The number of benzene rings is 2. The molecule has 0 aliphatic carbocycles. The summed E-state index contributed by atoms with van der Waals surface area (Å²) in [5, 5.41) is 0. The Balaban J connectivity index is 1.52. The van der Waals surface area contributed by atoms with E-state index in [1.165, 1.54) is 55.4 Å². The van der Waals surface area contributed by atoms with Crippen LogP contribution in [0.2, 0.25) is 0 Å². The lowest BCUT2D eigenvalue weighted by molar-refractivity contribution is 0.258. The zero-order chi connectivity index (χ0) is 20.9. The topological polar surface area (TPSA) is 30.3 Å². The number of ether oxygens (including phenoxy) is 1. The van der Waals surface area contributed by atoms with Crippen LogP contribution in [0.3, 0.4) is 0 Å². The number of para-hydroxylation sites is 2. The van der Waals surface area contributed by atoms with Gasteiger partial charge in [0.1, 0.15) is 18.2 Å². The van der Waals surface area contributed by atoms with Crippen molar-refractivity contribution in [2.45, 2.75) is 65.5 Å². The van der Waals surface area contributed by atoms with Gasteiger partial charge in [-0.15, -0.1) is 0 Å². The van der Waals surface area contributed by atoms with E-state index in [9.17, 15) is 0 Å². The van der Waals surface area contributed by atoms with Gasteiger partial charge in [-0.2, -0.15) is 0 Å². The fourth-order valence-corrected chi connectivity index (χ4v) is 4.48. The largest absolute Gasteiger partial charge is 0.491 e. The predicted molar refractivity (Wildman–Crippen MR) is 124 cm³/mol. The second kappa shape index (κ2) is 9.65. The number of likely N-dealkylation sites (tertiary alicyclic amines) is 1. The molecule has 0 radical (unpaired) electrons. The number of fused-ring (bicyclic) bond motifs is 1. The van der Waals surface area contributed by atoms with Gasteiger partial charge in [0.25, 0.3) is 0 Å². The SMILES string of the molecule is Cc1ccc(C(C)C)c(OCCn2c(CN3CCCCCC3)nc3ccccc32)c1. The fourth-order valence-electron chi connectivity index (χ4n) is 4.48. The maximum atomic E-state index is 6.30. The first-order valence-electron chi connectivity index (χ1n) is 11.5. The highest BCUT2D eigenvalue weighted by molar-refractivity contribution is 5.75. The quantitative estimate of drug-likeness (QED) is 0.488. The number of hydrogen-bond acceptors (Lipinski definition) is 3. The maximum absolute atomic E-state index is 6.30. The van der Waals surface area contributed by atoms with Crippen LogP contribution in [0.4, 0.5) is 0 Å². The van der Waals surface area contributed by atoms with Crippen molar-refractivity contribution >= 4 is 11.0 Å². The Kier molecular flexibility index (Phi) is 6.73. The van der Waals surface area contributed by atoms with E-state index in [1.54, 1.807) is 0 Å². The molecule has 0 saturated carbocycles. The van der Waals surface area contributed by atoms with Gasteiger partial charge in [0.05, 0.1) is 24.1 Å². The Morgan fingerprint density at radius 2 is 1.77 bits per heavy atom. The zero-order valence-corrected chi connectivity index (χ0v) is 18.7. The lowest BCUT2D eigenvalue weighted by atomic mass is 10.0. The van der Waals surface area contributed by atoms with Crippen molar-refractivity contribution in [3.05, 3.63) is 59.4 Å².